The molecule has 9 heteroatoms. The van der Waals surface area contributed by atoms with Crippen molar-refractivity contribution in [2.75, 3.05) is 19.6 Å². The first kappa shape index (κ1) is 20.9. The third-order valence-corrected chi connectivity index (χ3v) is 4.40. The SMILES string of the molecule is Cl.O=C(CCNC(=O)c1cn(C2CCNCC2)nn1)NCc1ccccc1. The minimum absolute atomic E-state index is 0. The van der Waals surface area contributed by atoms with Gasteiger partial charge in [0.2, 0.25) is 5.91 Å². The van der Waals surface area contributed by atoms with Crippen LogP contribution in [0.4, 0.5) is 0 Å². The molecule has 2 amide bonds. The van der Waals surface area contributed by atoms with E-state index in [-0.39, 0.29) is 48.9 Å². The molecule has 1 aliphatic heterocycles. The van der Waals surface area contributed by atoms with Gasteiger partial charge in [0.15, 0.2) is 5.69 Å². The average Bonchev–Trinajstić information content (AvgIpc) is 3.18. The maximum Gasteiger partial charge on any atom is 0.273 e. The summed E-state index contributed by atoms with van der Waals surface area (Å²) < 4.78 is 1.77. The molecule has 1 fully saturated rings. The lowest BCUT2D eigenvalue weighted by molar-refractivity contribution is -0.121. The van der Waals surface area contributed by atoms with E-state index in [0.29, 0.717) is 6.54 Å². The standard InChI is InChI=1S/C18H24N6O2.ClH/c25-17(21-12-14-4-2-1-3-5-14)8-11-20-18(26)16-13-24(23-22-16)15-6-9-19-10-7-15;/h1-5,13,15,19H,6-12H2,(H,20,26)(H,21,25);1H. The molecule has 3 rings (SSSR count). The zero-order valence-electron chi connectivity index (χ0n) is 15.1. The van der Waals surface area contributed by atoms with Crippen LogP contribution in [0.2, 0.25) is 0 Å². The van der Waals surface area contributed by atoms with Gasteiger partial charge in [0.05, 0.1) is 12.2 Å². The van der Waals surface area contributed by atoms with Gasteiger partial charge in [0, 0.05) is 19.5 Å². The number of nitrogens with one attached hydrogen (secondary N) is 3. The molecule has 1 aromatic heterocycles. The number of aromatic nitrogens is 3. The van der Waals surface area contributed by atoms with Crippen LogP contribution < -0.4 is 16.0 Å². The molecule has 1 aromatic carbocycles. The van der Waals surface area contributed by atoms with Crippen molar-refractivity contribution in [2.45, 2.75) is 31.8 Å². The monoisotopic (exact) mass is 392 g/mol. The number of carbonyl (C=O) groups excluding carboxylic acids is 2. The van der Waals surface area contributed by atoms with Crippen molar-refractivity contribution >= 4 is 24.2 Å². The van der Waals surface area contributed by atoms with Gasteiger partial charge in [0.1, 0.15) is 0 Å². The van der Waals surface area contributed by atoms with E-state index in [1.54, 1.807) is 10.9 Å². The largest absolute Gasteiger partial charge is 0.352 e. The van der Waals surface area contributed by atoms with Crippen LogP contribution in [0.5, 0.6) is 0 Å². The van der Waals surface area contributed by atoms with Crippen molar-refractivity contribution in [1.29, 1.82) is 0 Å². The number of benzene rings is 1. The summed E-state index contributed by atoms with van der Waals surface area (Å²) in [6.07, 6.45) is 3.86. The first-order valence-corrected chi connectivity index (χ1v) is 8.94. The van der Waals surface area contributed by atoms with Gasteiger partial charge in [-0.3, -0.25) is 9.59 Å². The number of halogens is 1. The molecule has 0 spiro atoms. The summed E-state index contributed by atoms with van der Waals surface area (Å²) in [6, 6.07) is 9.98. The van der Waals surface area contributed by atoms with Gasteiger partial charge in [-0.15, -0.1) is 17.5 Å². The first-order chi connectivity index (χ1) is 12.7. The highest BCUT2D eigenvalue weighted by Crippen LogP contribution is 2.16. The second kappa shape index (κ2) is 10.6. The van der Waals surface area contributed by atoms with Gasteiger partial charge < -0.3 is 16.0 Å². The molecule has 0 saturated carbocycles. The minimum atomic E-state index is -0.305. The number of nitrogens with zero attached hydrogens (tertiary/aromatic N) is 3. The fraction of sp³-hybridized carbons (Fsp3) is 0.444. The maximum absolute atomic E-state index is 12.1. The Kier molecular flexibility index (Phi) is 8.22. The minimum Gasteiger partial charge on any atom is -0.352 e. The Morgan fingerprint density at radius 2 is 1.89 bits per heavy atom. The Balaban J connectivity index is 0.00000261. The van der Waals surface area contributed by atoms with Gasteiger partial charge in [0.25, 0.3) is 5.91 Å². The van der Waals surface area contributed by atoms with Gasteiger partial charge in [-0.25, -0.2) is 4.68 Å². The Morgan fingerprint density at radius 3 is 2.63 bits per heavy atom. The van der Waals surface area contributed by atoms with Crippen molar-refractivity contribution in [3.63, 3.8) is 0 Å². The smallest absolute Gasteiger partial charge is 0.273 e. The van der Waals surface area contributed by atoms with Gasteiger partial charge in [-0.2, -0.15) is 0 Å². The third-order valence-electron chi connectivity index (χ3n) is 4.40. The lowest BCUT2D eigenvalue weighted by Gasteiger charge is -2.22. The van der Waals surface area contributed by atoms with Crippen LogP contribution in [-0.2, 0) is 11.3 Å². The topological polar surface area (TPSA) is 101 Å². The molecule has 0 radical (unpaired) electrons. The molecule has 0 bridgehead atoms. The molecule has 2 heterocycles. The van der Waals surface area contributed by atoms with E-state index in [9.17, 15) is 9.59 Å². The van der Waals surface area contributed by atoms with E-state index in [2.05, 4.69) is 26.3 Å². The number of hydrogen-bond acceptors (Lipinski definition) is 5. The molecular weight excluding hydrogens is 368 g/mol. The van der Waals surface area contributed by atoms with E-state index in [1.807, 2.05) is 30.3 Å². The molecule has 27 heavy (non-hydrogen) atoms. The van der Waals surface area contributed by atoms with E-state index < -0.39 is 0 Å². The normalized spacial score (nSPS) is 14.2. The molecule has 8 nitrogen and oxygen atoms in total. The van der Waals surface area contributed by atoms with E-state index in [0.717, 1.165) is 31.5 Å². The van der Waals surface area contributed by atoms with Crippen LogP contribution in [0.25, 0.3) is 0 Å². The fourth-order valence-electron chi connectivity index (χ4n) is 2.90. The van der Waals surface area contributed by atoms with Gasteiger partial charge in [-0.05, 0) is 31.5 Å². The lowest BCUT2D eigenvalue weighted by Crippen LogP contribution is -2.31. The molecule has 2 aromatic rings. The summed E-state index contributed by atoms with van der Waals surface area (Å²) in [4.78, 5) is 24.0. The summed E-state index contributed by atoms with van der Waals surface area (Å²) in [5.41, 5.74) is 1.33. The van der Waals surface area contributed by atoms with Crippen molar-refractivity contribution in [2.24, 2.45) is 0 Å². The second-order valence-corrected chi connectivity index (χ2v) is 6.33. The summed E-state index contributed by atoms with van der Waals surface area (Å²) >= 11 is 0. The number of rotatable bonds is 7. The number of amides is 2. The summed E-state index contributed by atoms with van der Waals surface area (Å²) in [6.45, 7) is 2.64. The van der Waals surface area contributed by atoms with Crippen molar-refractivity contribution in [3.05, 3.63) is 47.8 Å². The number of piperidine rings is 1. The fourth-order valence-corrected chi connectivity index (χ4v) is 2.90. The Labute approximate surface area is 164 Å². The highest BCUT2D eigenvalue weighted by atomic mass is 35.5. The second-order valence-electron chi connectivity index (χ2n) is 6.33. The summed E-state index contributed by atoms with van der Waals surface area (Å²) in [5, 5.41) is 16.9. The van der Waals surface area contributed by atoms with Crippen LogP contribution in [-0.4, -0.2) is 46.4 Å². The molecule has 0 unspecified atom stereocenters. The van der Waals surface area contributed by atoms with Gasteiger partial charge >= 0.3 is 0 Å². The number of hydrogen-bond donors (Lipinski definition) is 3. The van der Waals surface area contributed by atoms with Crippen molar-refractivity contribution in [1.82, 2.24) is 30.9 Å². The quantitative estimate of drug-likeness (QED) is 0.654. The van der Waals surface area contributed by atoms with Crippen LogP contribution in [0, 0.1) is 0 Å². The molecule has 3 N–H and O–H groups in total. The van der Waals surface area contributed by atoms with Crippen LogP contribution in [0.1, 0.15) is 41.4 Å². The molecule has 1 aliphatic rings. The average molecular weight is 393 g/mol. The highest BCUT2D eigenvalue weighted by Gasteiger charge is 2.18. The maximum atomic E-state index is 12.1. The Bertz CT molecular complexity index is 730. The third kappa shape index (κ3) is 6.33. The van der Waals surface area contributed by atoms with Crippen LogP contribution >= 0.6 is 12.4 Å². The Morgan fingerprint density at radius 1 is 1.15 bits per heavy atom. The predicted molar refractivity (Wildman–Crippen MR) is 104 cm³/mol. The zero-order chi connectivity index (χ0) is 18.2. The lowest BCUT2D eigenvalue weighted by atomic mass is 10.1. The molecule has 0 atom stereocenters. The molecule has 0 aliphatic carbocycles. The van der Waals surface area contributed by atoms with Crippen LogP contribution in [0.3, 0.4) is 0 Å². The first-order valence-electron chi connectivity index (χ1n) is 8.94. The highest BCUT2D eigenvalue weighted by molar-refractivity contribution is 5.92. The van der Waals surface area contributed by atoms with Crippen molar-refractivity contribution < 1.29 is 9.59 Å². The molecule has 146 valence electrons. The predicted octanol–water partition coefficient (Wildman–Crippen LogP) is 1.06. The summed E-state index contributed by atoms with van der Waals surface area (Å²) in [7, 11) is 0. The molecular formula is C18H25ClN6O2. The van der Waals surface area contributed by atoms with E-state index >= 15 is 0 Å². The van der Waals surface area contributed by atoms with E-state index in [1.165, 1.54) is 0 Å². The number of carbonyl (C=O) groups is 2. The van der Waals surface area contributed by atoms with Gasteiger partial charge in [-0.1, -0.05) is 35.5 Å². The van der Waals surface area contributed by atoms with E-state index in [4.69, 9.17) is 0 Å². The van der Waals surface area contributed by atoms with Crippen LogP contribution in [0.15, 0.2) is 36.5 Å². The zero-order valence-corrected chi connectivity index (χ0v) is 15.9. The Hall–Kier alpha value is -2.45. The van der Waals surface area contributed by atoms with Crippen molar-refractivity contribution in [3.8, 4) is 0 Å². The summed E-state index contributed by atoms with van der Waals surface area (Å²) in [5.74, 6) is -0.409. The molecule has 1 saturated heterocycles.